The van der Waals surface area contributed by atoms with Gasteiger partial charge in [-0.1, -0.05) is 45.7 Å². The van der Waals surface area contributed by atoms with Crippen molar-refractivity contribution in [3.63, 3.8) is 0 Å². The molecular weight excluding hydrogens is 324 g/mol. The van der Waals surface area contributed by atoms with E-state index >= 15 is 0 Å². The lowest BCUT2D eigenvalue weighted by Gasteiger charge is -2.17. The molecule has 0 aliphatic heterocycles. The SMILES string of the molecule is CC(C)(C)CCCCCc1ccc(O)c(CCCCC2(OC=O)CC2)c1. The van der Waals surface area contributed by atoms with Crippen molar-refractivity contribution >= 4 is 6.47 Å². The molecule has 26 heavy (non-hydrogen) atoms. The number of hydrogen-bond donors (Lipinski definition) is 1. The van der Waals surface area contributed by atoms with Crippen LogP contribution in [-0.4, -0.2) is 17.2 Å². The van der Waals surface area contributed by atoms with Gasteiger partial charge in [-0.15, -0.1) is 0 Å². The van der Waals surface area contributed by atoms with Gasteiger partial charge in [0.25, 0.3) is 6.47 Å². The summed E-state index contributed by atoms with van der Waals surface area (Å²) in [6.45, 7) is 7.49. The average Bonchev–Trinajstić information content (AvgIpc) is 3.33. The van der Waals surface area contributed by atoms with Gasteiger partial charge in [-0.05, 0) is 80.4 Å². The van der Waals surface area contributed by atoms with Crippen LogP contribution in [0.15, 0.2) is 18.2 Å². The van der Waals surface area contributed by atoms with E-state index in [2.05, 4.69) is 32.9 Å². The molecule has 0 amide bonds. The number of benzene rings is 1. The van der Waals surface area contributed by atoms with E-state index < -0.39 is 0 Å². The van der Waals surface area contributed by atoms with E-state index in [-0.39, 0.29) is 5.60 Å². The number of phenols is 1. The van der Waals surface area contributed by atoms with Crippen LogP contribution in [0.1, 0.15) is 89.7 Å². The third-order valence-electron chi connectivity index (χ3n) is 5.47. The molecule has 1 aliphatic rings. The minimum atomic E-state index is -0.154. The number of ether oxygens (including phenoxy) is 1. The van der Waals surface area contributed by atoms with Crippen molar-refractivity contribution in [1.82, 2.24) is 0 Å². The molecule has 1 aromatic rings. The van der Waals surface area contributed by atoms with Gasteiger partial charge in [-0.3, -0.25) is 4.79 Å². The standard InChI is InChI=1S/C23H36O3/c1-22(2,3)13-7-4-5-9-19-11-12-21(25)20(17-19)10-6-8-14-23(15-16-23)26-18-24/h11-12,17-18,25H,4-10,13-16H2,1-3H3. The molecular formula is C23H36O3. The molecule has 3 heteroatoms. The van der Waals surface area contributed by atoms with Crippen LogP contribution in [0, 0.1) is 5.41 Å². The number of carbonyl (C=O) groups excluding carboxylic acids is 1. The van der Waals surface area contributed by atoms with E-state index in [0.29, 0.717) is 17.6 Å². The highest BCUT2D eigenvalue weighted by atomic mass is 16.5. The fraction of sp³-hybridized carbons (Fsp3) is 0.696. The molecule has 2 rings (SSSR count). The van der Waals surface area contributed by atoms with Crippen molar-refractivity contribution in [2.24, 2.45) is 5.41 Å². The number of hydrogen-bond acceptors (Lipinski definition) is 3. The Hall–Kier alpha value is -1.51. The van der Waals surface area contributed by atoms with Gasteiger partial charge in [-0.25, -0.2) is 0 Å². The van der Waals surface area contributed by atoms with Crippen LogP contribution in [0.3, 0.4) is 0 Å². The van der Waals surface area contributed by atoms with E-state index in [9.17, 15) is 9.90 Å². The number of aryl methyl sites for hydroxylation is 2. The molecule has 0 atom stereocenters. The van der Waals surface area contributed by atoms with Gasteiger partial charge < -0.3 is 9.84 Å². The Kier molecular flexibility index (Phi) is 7.55. The molecule has 0 heterocycles. The Morgan fingerprint density at radius 1 is 1.08 bits per heavy atom. The Morgan fingerprint density at radius 3 is 2.46 bits per heavy atom. The summed E-state index contributed by atoms with van der Waals surface area (Å²) in [6.07, 6.45) is 12.0. The summed E-state index contributed by atoms with van der Waals surface area (Å²) in [6, 6.07) is 6.07. The molecule has 1 N–H and O–H groups in total. The molecule has 0 unspecified atom stereocenters. The first-order chi connectivity index (χ1) is 12.3. The quantitative estimate of drug-likeness (QED) is 0.369. The summed E-state index contributed by atoms with van der Waals surface area (Å²) < 4.78 is 5.19. The predicted octanol–water partition coefficient (Wildman–Crippen LogP) is 5.96. The Bertz CT molecular complexity index is 567. The average molecular weight is 361 g/mol. The molecule has 3 nitrogen and oxygen atoms in total. The smallest absolute Gasteiger partial charge is 0.293 e. The van der Waals surface area contributed by atoms with Gasteiger partial charge in [0.05, 0.1) is 0 Å². The Labute approximate surface area is 159 Å². The zero-order valence-corrected chi connectivity index (χ0v) is 16.9. The summed E-state index contributed by atoms with van der Waals surface area (Å²) in [4.78, 5) is 10.5. The van der Waals surface area contributed by atoms with Gasteiger partial charge in [0.15, 0.2) is 0 Å². The summed E-state index contributed by atoms with van der Waals surface area (Å²) in [7, 11) is 0. The van der Waals surface area contributed by atoms with Crippen LogP contribution >= 0.6 is 0 Å². The monoisotopic (exact) mass is 360 g/mol. The van der Waals surface area contributed by atoms with Crippen molar-refractivity contribution in [2.45, 2.75) is 97.0 Å². The first-order valence-electron chi connectivity index (χ1n) is 10.3. The van der Waals surface area contributed by atoms with Crippen LogP contribution in [0.2, 0.25) is 0 Å². The highest BCUT2D eigenvalue weighted by molar-refractivity contribution is 5.39. The van der Waals surface area contributed by atoms with E-state index in [1.165, 1.54) is 31.2 Å². The second-order valence-corrected chi connectivity index (χ2v) is 9.19. The maximum absolute atomic E-state index is 10.5. The summed E-state index contributed by atoms with van der Waals surface area (Å²) >= 11 is 0. The topological polar surface area (TPSA) is 46.5 Å². The van der Waals surface area contributed by atoms with Crippen molar-refractivity contribution in [1.29, 1.82) is 0 Å². The largest absolute Gasteiger partial charge is 0.508 e. The molecule has 0 spiro atoms. The predicted molar refractivity (Wildman–Crippen MR) is 106 cm³/mol. The van der Waals surface area contributed by atoms with Gasteiger partial charge in [0.2, 0.25) is 0 Å². The number of phenolic OH excluding ortho intramolecular Hbond substituents is 1. The van der Waals surface area contributed by atoms with Crippen molar-refractivity contribution in [2.75, 3.05) is 0 Å². The van der Waals surface area contributed by atoms with E-state index in [0.717, 1.165) is 50.5 Å². The third kappa shape index (κ3) is 7.39. The molecule has 1 saturated carbocycles. The molecule has 1 aliphatic carbocycles. The van der Waals surface area contributed by atoms with Gasteiger partial charge in [0.1, 0.15) is 11.4 Å². The van der Waals surface area contributed by atoms with E-state index in [1.54, 1.807) is 0 Å². The number of rotatable bonds is 12. The normalized spacial score (nSPS) is 15.7. The Morgan fingerprint density at radius 2 is 1.81 bits per heavy atom. The van der Waals surface area contributed by atoms with Crippen LogP contribution in [0.4, 0.5) is 0 Å². The molecule has 0 aromatic heterocycles. The van der Waals surface area contributed by atoms with Crippen LogP contribution < -0.4 is 0 Å². The zero-order valence-electron chi connectivity index (χ0n) is 16.9. The third-order valence-corrected chi connectivity index (χ3v) is 5.47. The second kappa shape index (κ2) is 9.43. The molecule has 1 fully saturated rings. The maximum atomic E-state index is 10.5. The molecule has 0 saturated heterocycles. The van der Waals surface area contributed by atoms with Gasteiger partial charge >= 0.3 is 0 Å². The lowest BCUT2D eigenvalue weighted by Crippen LogP contribution is -2.12. The van der Waals surface area contributed by atoms with E-state index in [4.69, 9.17) is 4.74 Å². The van der Waals surface area contributed by atoms with Crippen LogP contribution in [0.25, 0.3) is 0 Å². The second-order valence-electron chi connectivity index (χ2n) is 9.19. The number of aromatic hydroxyl groups is 1. The molecule has 0 bridgehead atoms. The minimum absolute atomic E-state index is 0.154. The maximum Gasteiger partial charge on any atom is 0.293 e. The van der Waals surface area contributed by atoms with Crippen molar-refractivity contribution < 1.29 is 14.6 Å². The summed E-state index contributed by atoms with van der Waals surface area (Å²) in [5.41, 5.74) is 2.66. The lowest BCUT2D eigenvalue weighted by molar-refractivity contribution is -0.135. The van der Waals surface area contributed by atoms with Gasteiger partial charge in [0, 0.05) is 0 Å². The fourth-order valence-electron chi connectivity index (χ4n) is 3.59. The molecule has 146 valence electrons. The van der Waals surface area contributed by atoms with E-state index in [1.807, 2.05) is 6.07 Å². The fourth-order valence-corrected chi connectivity index (χ4v) is 3.59. The summed E-state index contributed by atoms with van der Waals surface area (Å²) in [5, 5.41) is 10.1. The summed E-state index contributed by atoms with van der Waals surface area (Å²) in [5.74, 6) is 0.409. The van der Waals surface area contributed by atoms with Crippen LogP contribution in [0.5, 0.6) is 5.75 Å². The highest BCUT2D eigenvalue weighted by Crippen LogP contribution is 2.43. The first-order valence-corrected chi connectivity index (χ1v) is 10.3. The van der Waals surface area contributed by atoms with Crippen molar-refractivity contribution in [3.8, 4) is 5.75 Å². The molecule has 0 radical (unpaired) electrons. The minimum Gasteiger partial charge on any atom is -0.508 e. The zero-order chi connectivity index (χ0) is 19.0. The van der Waals surface area contributed by atoms with Gasteiger partial charge in [-0.2, -0.15) is 0 Å². The highest BCUT2D eigenvalue weighted by Gasteiger charge is 2.44. The Balaban J connectivity index is 1.70. The van der Waals surface area contributed by atoms with Crippen molar-refractivity contribution in [3.05, 3.63) is 29.3 Å². The lowest BCUT2D eigenvalue weighted by atomic mass is 9.89. The number of carbonyl (C=O) groups is 1. The van der Waals surface area contributed by atoms with Crippen LogP contribution in [-0.2, 0) is 22.4 Å². The number of unbranched alkanes of at least 4 members (excludes halogenated alkanes) is 3. The molecule has 1 aromatic carbocycles. The first kappa shape index (κ1) is 20.8.